The third-order valence-corrected chi connectivity index (χ3v) is 5.55. The summed E-state index contributed by atoms with van der Waals surface area (Å²) in [6, 6.07) is 17.2. The molecule has 4 aromatic rings. The molecule has 0 radical (unpaired) electrons. The molecule has 1 amide bonds. The molecule has 0 bridgehead atoms. The standard InChI is InChI=1S/C21H19N3O2S/c1-13-8-9-17(18(25)10-13)22-20(26)19-11-16-14(2)23-24(21(16)27-19)12-15-6-4-3-5-7-15/h3-11,25H,12H2,1-2H3,(H,22,26). The summed E-state index contributed by atoms with van der Waals surface area (Å²) in [6.07, 6.45) is 0. The molecule has 136 valence electrons. The number of carbonyl (C=O) groups is 1. The van der Waals surface area contributed by atoms with E-state index in [9.17, 15) is 9.90 Å². The number of aryl methyl sites for hydroxylation is 2. The van der Waals surface area contributed by atoms with Gasteiger partial charge in [0.05, 0.1) is 22.8 Å². The summed E-state index contributed by atoms with van der Waals surface area (Å²) in [7, 11) is 0. The Balaban J connectivity index is 1.63. The summed E-state index contributed by atoms with van der Waals surface area (Å²) in [5, 5.41) is 18.4. The number of nitrogens with one attached hydrogen (secondary N) is 1. The Bertz CT molecular complexity index is 1130. The van der Waals surface area contributed by atoms with Gasteiger partial charge in [0.25, 0.3) is 5.91 Å². The molecular formula is C21H19N3O2S. The number of hydrogen-bond acceptors (Lipinski definition) is 4. The summed E-state index contributed by atoms with van der Waals surface area (Å²) >= 11 is 1.41. The van der Waals surface area contributed by atoms with Crippen LogP contribution in [0.4, 0.5) is 5.69 Å². The van der Waals surface area contributed by atoms with Crippen LogP contribution in [0.1, 0.15) is 26.5 Å². The van der Waals surface area contributed by atoms with Gasteiger partial charge in [-0.25, -0.2) is 0 Å². The van der Waals surface area contributed by atoms with Gasteiger partial charge in [-0.3, -0.25) is 9.48 Å². The Morgan fingerprint density at radius 2 is 1.93 bits per heavy atom. The Kier molecular flexibility index (Phi) is 4.41. The maximum atomic E-state index is 12.7. The summed E-state index contributed by atoms with van der Waals surface area (Å²) < 4.78 is 1.94. The maximum Gasteiger partial charge on any atom is 0.265 e. The Labute approximate surface area is 160 Å². The number of phenols is 1. The van der Waals surface area contributed by atoms with Crippen molar-refractivity contribution in [3.8, 4) is 5.75 Å². The van der Waals surface area contributed by atoms with E-state index in [1.54, 1.807) is 12.1 Å². The SMILES string of the molecule is Cc1ccc(NC(=O)c2cc3c(C)nn(Cc4ccccc4)c3s2)c(O)c1. The van der Waals surface area contributed by atoms with Crippen LogP contribution in [0.15, 0.2) is 54.6 Å². The smallest absolute Gasteiger partial charge is 0.265 e. The van der Waals surface area contributed by atoms with Crippen LogP contribution in [0, 0.1) is 13.8 Å². The molecule has 0 aliphatic carbocycles. The number of rotatable bonds is 4. The van der Waals surface area contributed by atoms with Crippen molar-refractivity contribution in [2.24, 2.45) is 0 Å². The van der Waals surface area contributed by atoms with Gasteiger partial charge < -0.3 is 10.4 Å². The molecule has 0 saturated carbocycles. The number of carbonyl (C=O) groups excluding carboxylic acids is 1. The van der Waals surface area contributed by atoms with Gasteiger partial charge >= 0.3 is 0 Å². The molecule has 0 spiro atoms. The first-order chi connectivity index (χ1) is 13.0. The van der Waals surface area contributed by atoms with Gasteiger partial charge in [-0.05, 0) is 43.2 Å². The summed E-state index contributed by atoms with van der Waals surface area (Å²) in [5.74, 6) is -0.170. The molecule has 2 aromatic heterocycles. The Morgan fingerprint density at radius 3 is 2.67 bits per heavy atom. The number of phenolic OH excluding ortho intramolecular Hbond substituents is 1. The second kappa shape index (κ2) is 6.89. The molecule has 2 aromatic carbocycles. The van der Waals surface area contributed by atoms with Crippen LogP contribution in [0.2, 0.25) is 0 Å². The van der Waals surface area contributed by atoms with Gasteiger partial charge in [-0.15, -0.1) is 11.3 Å². The molecule has 27 heavy (non-hydrogen) atoms. The highest BCUT2D eigenvalue weighted by Crippen LogP contribution is 2.30. The molecule has 4 rings (SSSR count). The lowest BCUT2D eigenvalue weighted by atomic mass is 10.2. The average Bonchev–Trinajstić information content (AvgIpc) is 3.20. The van der Waals surface area contributed by atoms with E-state index in [0.717, 1.165) is 27.0 Å². The van der Waals surface area contributed by atoms with E-state index in [1.165, 1.54) is 11.3 Å². The van der Waals surface area contributed by atoms with E-state index in [0.29, 0.717) is 17.1 Å². The van der Waals surface area contributed by atoms with Crippen LogP contribution < -0.4 is 5.32 Å². The molecule has 6 heteroatoms. The molecule has 2 N–H and O–H groups in total. The highest BCUT2D eigenvalue weighted by molar-refractivity contribution is 7.20. The van der Waals surface area contributed by atoms with Crippen LogP contribution in [0.3, 0.4) is 0 Å². The van der Waals surface area contributed by atoms with Crippen molar-refractivity contribution in [1.82, 2.24) is 9.78 Å². The largest absolute Gasteiger partial charge is 0.506 e. The fraction of sp³-hybridized carbons (Fsp3) is 0.143. The lowest BCUT2D eigenvalue weighted by molar-refractivity contribution is 0.103. The first-order valence-corrected chi connectivity index (χ1v) is 9.45. The fourth-order valence-electron chi connectivity index (χ4n) is 3.02. The summed E-state index contributed by atoms with van der Waals surface area (Å²) in [5.41, 5.74) is 3.40. The van der Waals surface area contributed by atoms with Crippen molar-refractivity contribution >= 4 is 33.1 Å². The molecule has 0 saturated heterocycles. The number of nitrogens with zero attached hydrogens (tertiary/aromatic N) is 2. The van der Waals surface area contributed by atoms with Crippen LogP contribution in [0.25, 0.3) is 10.2 Å². The van der Waals surface area contributed by atoms with Crippen molar-refractivity contribution in [2.45, 2.75) is 20.4 Å². The summed E-state index contributed by atoms with van der Waals surface area (Å²) in [6.45, 7) is 4.49. The van der Waals surface area contributed by atoms with E-state index in [2.05, 4.69) is 22.5 Å². The number of anilines is 1. The van der Waals surface area contributed by atoms with Crippen LogP contribution in [-0.4, -0.2) is 20.8 Å². The highest BCUT2D eigenvalue weighted by atomic mass is 32.1. The minimum absolute atomic E-state index is 0.0656. The molecule has 0 aliphatic heterocycles. The molecule has 0 aliphatic rings. The number of hydrogen-bond donors (Lipinski definition) is 2. The van der Waals surface area contributed by atoms with E-state index in [1.807, 2.05) is 48.9 Å². The predicted octanol–water partition coefficient (Wildman–Crippen LogP) is 4.72. The van der Waals surface area contributed by atoms with Crippen molar-refractivity contribution in [3.05, 3.63) is 76.3 Å². The highest BCUT2D eigenvalue weighted by Gasteiger charge is 2.17. The van der Waals surface area contributed by atoms with Gasteiger partial charge in [0.15, 0.2) is 0 Å². The molecule has 0 fully saturated rings. The van der Waals surface area contributed by atoms with Gasteiger partial charge in [-0.1, -0.05) is 36.4 Å². The first kappa shape index (κ1) is 17.3. The molecule has 5 nitrogen and oxygen atoms in total. The van der Waals surface area contributed by atoms with Crippen molar-refractivity contribution in [2.75, 3.05) is 5.32 Å². The first-order valence-electron chi connectivity index (χ1n) is 8.63. The van der Waals surface area contributed by atoms with Crippen molar-refractivity contribution < 1.29 is 9.90 Å². The predicted molar refractivity (Wildman–Crippen MR) is 109 cm³/mol. The number of thiophene rings is 1. The van der Waals surface area contributed by atoms with Crippen LogP contribution in [-0.2, 0) is 6.54 Å². The van der Waals surface area contributed by atoms with Gasteiger partial charge in [0.1, 0.15) is 10.6 Å². The number of benzene rings is 2. The fourth-order valence-corrected chi connectivity index (χ4v) is 4.08. The molecule has 0 atom stereocenters. The van der Waals surface area contributed by atoms with Crippen LogP contribution >= 0.6 is 11.3 Å². The lowest BCUT2D eigenvalue weighted by Crippen LogP contribution is -2.10. The second-order valence-corrected chi connectivity index (χ2v) is 7.56. The second-order valence-electron chi connectivity index (χ2n) is 6.53. The number of fused-ring (bicyclic) bond motifs is 1. The van der Waals surface area contributed by atoms with Gasteiger partial charge in [0, 0.05) is 5.39 Å². The van der Waals surface area contributed by atoms with E-state index >= 15 is 0 Å². The normalized spacial score (nSPS) is 11.0. The molecular weight excluding hydrogens is 358 g/mol. The third kappa shape index (κ3) is 3.44. The minimum atomic E-state index is -0.235. The third-order valence-electron chi connectivity index (χ3n) is 4.41. The van der Waals surface area contributed by atoms with Gasteiger partial charge in [0.2, 0.25) is 0 Å². The van der Waals surface area contributed by atoms with E-state index in [4.69, 9.17) is 0 Å². The number of aromatic hydroxyl groups is 1. The average molecular weight is 377 g/mol. The minimum Gasteiger partial charge on any atom is -0.506 e. The topological polar surface area (TPSA) is 67.2 Å². The van der Waals surface area contributed by atoms with Crippen molar-refractivity contribution in [3.63, 3.8) is 0 Å². The zero-order valence-electron chi connectivity index (χ0n) is 15.1. The number of aromatic nitrogens is 2. The quantitative estimate of drug-likeness (QED) is 0.506. The molecule has 0 unspecified atom stereocenters. The number of amides is 1. The zero-order valence-corrected chi connectivity index (χ0v) is 15.9. The zero-order chi connectivity index (χ0) is 19.0. The van der Waals surface area contributed by atoms with E-state index < -0.39 is 0 Å². The maximum absolute atomic E-state index is 12.7. The monoisotopic (exact) mass is 377 g/mol. The van der Waals surface area contributed by atoms with Crippen LogP contribution in [0.5, 0.6) is 5.75 Å². The Hall–Kier alpha value is -3.12. The van der Waals surface area contributed by atoms with Crippen molar-refractivity contribution in [1.29, 1.82) is 0 Å². The Morgan fingerprint density at radius 1 is 1.15 bits per heavy atom. The molecule has 2 heterocycles. The van der Waals surface area contributed by atoms with Gasteiger partial charge in [-0.2, -0.15) is 5.10 Å². The lowest BCUT2D eigenvalue weighted by Gasteiger charge is -2.06. The van der Waals surface area contributed by atoms with E-state index in [-0.39, 0.29) is 11.7 Å². The summed E-state index contributed by atoms with van der Waals surface area (Å²) in [4.78, 5) is 14.2.